The summed E-state index contributed by atoms with van der Waals surface area (Å²) in [5, 5.41) is 2.35. The zero-order chi connectivity index (χ0) is 10.8. The normalized spacial score (nSPS) is 10.5. The Morgan fingerprint density at radius 3 is 3.07 bits per heavy atom. The molecule has 78 valence electrons. The zero-order valence-electron chi connectivity index (χ0n) is 8.17. The summed E-state index contributed by atoms with van der Waals surface area (Å²) in [5.41, 5.74) is 6.96. The number of thiazole rings is 1. The third kappa shape index (κ3) is 2.21. The van der Waals surface area contributed by atoms with Crippen molar-refractivity contribution in [3.63, 3.8) is 0 Å². The van der Waals surface area contributed by atoms with Crippen LogP contribution < -0.4 is 11.4 Å². The smallest absolute Gasteiger partial charge is 0.347 e. The minimum absolute atomic E-state index is 0.271. The predicted molar refractivity (Wildman–Crippen MR) is 58.9 cm³/mol. The molecule has 0 aliphatic rings. The van der Waals surface area contributed by atoms with Gasteiger partial charge < -0.3 is 5.73 Å². The molecule has 0 aliphatic heterocycles. The Labute approximate surface area is 90.2 Å². The van der Waals surface area contributed by atoms with Gasteiger partial charge in [0.2, 0.25) is 0 Å². The van der Waals surface area contributed by atoms with Crippen LogP contribution in [0.15, 0.2) is 22.6 Å². The van der Waals surface area contributed by atoms with Crippen molar-refractivity contribution in [1.82, 2.24) is 14.5 Å². The fraction of sp³-hybridized carbons (Fsp3) is 0.222. The molecule has 0 saturated carbocycles. The first-order valence-corrected chi connectivity index (χ1v) is 5.26. The van der Waals surface area contributed by atoms with E-state index < -0.39 is 0 Å². The van der Waals surface area contributed by atoms with Gasteiger partial charge in [-0.2, -0.15) is 0 Å². The maximum absolute atomic E-state index is 11.4. The Hall–Kier alpha value is -1.69. The van der Waals surface area contributed by atoms with E-state index in [2.05, 4.69) is 9.97 Å². The fourth-order valence-corrected chi connectivity index (χ4v) is 1.80. The molecule has 0 bridgehead atoms. The van der Waals surface area contributed by atoms with Crippen molar-refractivity contribution >= 4 is 16.5 Å². The molecule has 5 nitrogen and oxygen atoms in total. The molecule has 0 aromatic carbocycles. The number of nitrogen functional groups attached to an aromatic ring is 1. The van der Waals surface area contributed by atoms with Crippen molar-refractivity contribution in [3.05, 3.63) is 39.5 Å². The zero-order valence-corrected chi connectivity index (χ0v) is 8.99. The fourth-order valence-electron chi connectivity index (χ4n) is 1.25. The lowest BCUT2D eigenvalue weighted by Gasteiger charge is -2.02. The van der Waals surface area contributed by atoms with Gasteiger partial charge in [-0.25, -0.2) is 14.8 Å². The highest BCUT2D eigenvalue weighted by Gasteiger charge is 2.02. The summed E-state index contributed by atoms with van der Waals surface area (Å²) in [7, 11) is 0. The van der Waals surface area contributed by atoms with Crippen molar-refractivity contribution < 1.29 is 0 Å². The number of nitrogens with two attached hydrogens (primary N) is 1. The Morgan fingerprint density at radius 2 is 2.40 bits per heavy atom. The molecule has 2 N–H and O–H groups in total. The first kappa shape index (κ1) is 9.85. The highest BCUT2D eigenvalue weighted by atomic mass is 32.1. The Kier molecular flexibility index (Phi) is 2.51. The summed E-state index contributed by atoms with van der Waals surface area (Å²) in [6, 6.07) is 0. The van der Waals surface area contributed by atoms with Crippen LogP contribution in [0.25, 0.3) is 0 Å². The summed E-state index contributed by atoms with van der Waals surface area (Å²) in [6.07, 6.45) is 3.30. The van der Waals surface area contributed by atoms with Crippen LogP contribution in [0.4, 0.5) is 5.13 Å². The lowest BCUT2D eigenvalue weighted by Crippen LogP contribution is -2.22. The van der Waals surface area contributed by atoms with Gasteiger partial charge in [-0.05, 0) is 12.5 Å². The maximum atomic E-state index is 11.4. The molecule has 0 unspecified atom stereocenters. The molecule has 2 aromatic heterocycles. The second kappa shape index (κ2) is 3.82. The minimum Gasteiger partial charge on any atom is -0.375 e. The molecule has 0 atom stereocenters. The maximum Gasteiger partial charge on any atom is 0.347 e. The highest BCUT2D eigenvalue weighted by molar-refractivity contribution is 7.13. The van der Waals surface area contributed by atoms with Crippen LogP contribution in [0.1, 0.15) is 11.3 Å². The van der Waals surface area contributed by atoms with Crippen molar-refractivity contribution in [2.45, 2.75) is 13.5 Å². The van der Waals surface area contributed by atoms with Crippen LogP contribution in [0.2, 0.25) is 0 Å². The quantitative estimate of drug-likeness (QED) is 0.809. The Bertz CT molecular complexity index is 531. The van der Waals surface area contributed by atoms with Crippen molar-refractivity contribution in [3.8, 4) is 0 Å². The topological polar surface area (TPSA) is 73.8 Å². The largest absolute Gasteiger partial charge is 0.375 e. The second-order valence-corrected chi connectivity index (χ2v) is 4.11. The number of hydrogen-bond acceptors (Lipinski definition) is 5. The molecular weight excluding hydrogens is 212 g/mol. The van der Waals surface area contributed by atoms with Gasteiger partial charge in [0.25, 0.3) is 0 Å². The molecule has 6 heteroatoms. The van der Waals surface area contributed by atoms with Gasteiger partial charge >= 0.3 is 5.69 Å². The predicted octanol–water partition coefficient (Wildman–Crippen LogP) is 0.639. The Balaban J connectivity index is 2.31. The minimum atomic E-state index is -0.271. The summed E-state index contributed by atoms with van der Waals surface area (Å²) in [4.78, 5) is 19.2. The molecule has 0 spiro atoms. The Morgan fingerprint density at radius 1 is 1.60 bits per heavy atom. The number of hydrogen-bond donors (Lipinski definition) is 1. The van der Waals surface area contributed by atoms with Crippen molar-refractivity contribution in [1.29, 1.82) is 0 Å². The van der Waals surface area contributed by atoms with Crippen LogP contribution in [0.5, 0.6) is 0 Å². The lowest BCUT2D eigenvalue weighted by atomic mass is 10.4. The van der Waals surface area contributed by atoms with Gasteiger partial charge in [0, 0.05) is 17.8 Å². The average Bonchev–Trinajstić information content (AvgIpc) is 2.58. The monoisotopic (exact) mass is 222 g/mol. The molecule has 2 heterocycles. The molecule has 2 rings (SSSR count). The van der Waals surface area contributed by atoms with Crippen LogP contribution in [-0.2, 0) is 6.54 Å². The molecule has 0 radical (unpaired) electrons. The van der Waals surface area contributed by atoms with E-state index in [1.807, 2.05) is 12.3 Å². The van der Waals surface area contributed by atoms with E-state index in [1.54, 1.807) is 12.4 Å². The summed E-state index contributed by atoms with van der Waals surface area (Å²) >= 11 is 1.36. The first-order chi connectivity index (χ1) is 7.15. The van der Waals surface area contributed by atoms with Gasteiger partial charge in [0.1, 0.15) is 0 Å². The van der Waals surface area contributed by atoms with Crippen LogP contribution in [0.3, 0.4) is 0 Å². The van der Waals surface area contributed by atoms with Gasteiger partial charge in [0.05, 0.1) is 12.2 Å². The van der Waals surface area contributed by atoms with Crippen LogP contribution in [0, 0.1) is 6.92 Å². The van der Waals surface area contributed by atoms with Gasteiger partial charge in [-0.1, -0.05) is 0 Å². The average molecular weight is 222 g/mol. The van der Waals surface area contributed by atoms with Gasteiger partial charge in [-0.3, -0.25) is 4.57 Å². The summed E-state index contributed by atoms with van der Waals surface area (Å²) in [5.74, 6) is 0. The lowest BCUT2D eigenvalue weighted by molar-refractivity contribution is 0.709. The standard InChI is InChI=1S/C9H10N4OS/c1-6-2-11-9(14)13(3-6)4-7-5-15-8(10)12-7/h2-3,5H,4H2,1H3,(H2,10,12). The highest BCUT2D eigenvalue weighted by Crippen LogP contribution is 2.11. The first-order valence-electron chi connectivity index (χ1n) is 4.38. The van der Waals surface area contributed by atoms with E-state index >= 15 is 0 Å². The number of nitrogens with zero attached hydrogens (tertiary/aromatic N) is 3. The van der Waals surface area contributed by atoms with E-state index in [4.69, 9.17) is 5.73 Å². The van der Waals surface area contributed by atoms with Crippen molar-refractivity contribution in [2.75, 3.05) is 5.73 Å². The molecule has 0 fully saturated rings. The molecule has 15 heavy (non-hydrogen) atoms. The second-order valence-electron chi connectivity index (χ2n) is 3.22. The third-order valence-corrected chi connectivity index (χ3v) is 2.61. The van der Waals surface area contributed by atoms with E-state index in [0.717, 1.165) is 11.3 Å². The number of rotatable bonds is 2. The van der Waals surface area contributed by atoms with E-state index in [0.29, 0.717) is 11.7 Å². The number of anilines is 1. The molecule has 0 amide bonds. The molecule has 0 saturated heterocycles. The number of aryl methyl sites for hydroxylation is 1. The summed E-state index contributed by atoms with van der Waals surface area (Å²) in [6.45, 7) is 2.31. The van der Waals surface area contributed by atoms with Crippen LogP contribution in [-0.4, -0.2) is 14.5 Å². The van der Waals surface area contributed by atoms with Gasteiger partial charge in [-0.15, -0.1) is 11.3 Å². The van der Waals surface area contributed by atoms with Crippen LogP contribution >= 0.6 is 11.3 Å². The van der Waals surface area contributed by atoms with E-state index in [1.165, 1.54) is 15.9 Å². The van der Waals surface area contributed by atoms with Crippen molar-refractivity contribution in [2.24, 2.45) is 0 Å². The summed E-state index contributed by atoms with van der Waals surface area (Å²) < 4.78 is 1.52. The third-order valence-electron chi connectivity index (χ3n) is 1.89. The van der Waals surface area contributed by atoms with Gasteiger partial charge in [0.15, 0.2) is 5.13 Å². The molecular formula is C9H10N4OS. The molecule has 2 aromatic rings. The SMILES string of the molecule is Cc1cnc(=O)n(Cc2csc(N)n2)c1. The molecule has 0 aliphatic carbocycles. The van der Waals surface area contributed by atoms with E-state index in [9.17, 15) is 4.79 Å². The van der Waals surface area contributed by atoms with E-state index in [-0.39, 0.29) is 5.69 Å². The number of aromatic nitrogens is 3.